The van der Waals surface area contributed by atoms with E-state index in [1.807, 2.05) is 6.07 Å². The van der Waals surface area contributed by atoms with E-state index in [2.05, 4.69) is 37.4 Å². The summed E-state index contributed by atoms with van der Waals surface area (Å²) in [4.78, 5) is 11.1. The van der Waals surface area contributed by atoms with Crippen molar-refractivity contribution in [3.05, 3.63) is 24.3 Å². The molecule has 2 N–H and O–H groups in total. The number of benzene rings is 1. The van der Waals surface area contributed by atoms with E-state index in [1.165, 1.54) is 49.4 Å². The van der Waals surface area contributed by atoms with Gasteiger partial charge in [0.2, 0.25) is 11.7 Å². The first-order chi connectivity index (χ1) is 11.3. The Morgan fingerprint density at radius 1 is 1.17 bits per heavy atom. The molecule has 2 aromatic heterocycles. The van der Waals surface area contributed by atoms with Crippen molar-refractivity contribution in [3.8, 4) is 0 Å². The minimum atomic E-state index is -0.345. The molecule has 23 heavy (non-hydrogen) atoms. The molecule has 1 aliphatic rings. The highest BCUT2D eigenvalue weighted by atomic mass is 32.2. The molecule has 1 amide bonds. The summed E-state index contributed by atoms with van der Waals surface area (Å²) in [7, 11) is 0. The molecule has 1 aromatic carbocycles. The highest BCUT2D eigenvalue weighted by Crippen LogP contribution is 2.34. The number of imidazole rings is 1. The van der Waals surface area contributed by atoms with Gasteiger partial charge in [0.15, 0.2) is 5.16 Å². The van der Waals surface area contributed by atoms with Gasteiger partial charge >= 0.3 is 0 Å². The summed E-state index contributed by atoms with van der Waals surface area (Å²) in [6, 6.07) is 8.78. The molecule has 7 heteroatoms. The second-order valence-electron chi connectivity index (χ2n) is 6.02. The molecule has 120 valence electrons. The molecule has 0 spiro atoms. The number of para-hydroxylation sites is 2. The highest BCUT2D eigenvalue weighted by molar-refractivity contribution is 7.99. The largest absolute Gasteiger partial charge is 0.369 e. The van der Waals surface area contributed by atoms with Crippen LogP contribution in [0.2, 0.25) is 0 Å². The van der Waals surface area contributed by atoms with Crippen molar-refractivity contribution >= 4 is 34.5 Å². The first-order valence-electron chi connectivity index (χ1n) is 8.01. The number of rotatable bonds is 4. The predicted octanol–water partition coefficient (Wildman–Crippen LogP) is 2.77. The van der Waals surface area contributed by atoms with Crippen LogP contribution in [0.1, 0.15) is 38.1 Å². The van der Waals surface area contributed by atoms with Gasteiger partial charge in [0.05, 0.1) is 16.8 Å². The van der Waals surface area contributed by atoms with Crippen molar-refractivity contribution in [3.63, 3.8) is 0 Å². The molecule has 0 atom stereocenters. The number of amides is 1. The number of carbonyl (C=O) groups excluding carboxylic acids is 1. The van der Waals surface area contributed by atoms with Gasteiger partial charge in [0.1, 0.15) is 0 Å². The second kappa shape index (κ2) is 5.88. The summed E-state index contributed by atoms with van der Waals surface area (Å²) < 4.78 is 4.38. The van der Waals surface area contributed by atoms with Crippen LogP contribution in [-0.2, 0) is 4.79 Å². The smallest absolute Gasteiger partial charge is 0.237 e. The molecular formula is C16H19N5OS. The molecule has 3 aromatic rings. The Kier molecular flexibility index (Phi) is 3.72. The van der Waals surface area contributed by atoms with Gasteiger partial charge in [-0.15, -0.1) is 10.2 Å². The molecule has 0 bridgehead atoms. The number of nitrogens with two attached hydrogens (primary N) is 1. The van der Waals surface area contributed by atoms with Crippen molar-refractivity contribution in [2.24, 2.45) is 5.73 Å². The minimum Gasteiger partial charge on any atom is -0.369 e. The van der Waals surface area contributed by atoms with Gasteiger partial charge in [-0.3, -0.25) is 9.20 Å². The third kappa shape index (κ3) is 2.49. The molecule has 0 aliphatic heterocycles. The molecule has 4 rings (SSSR count). The van der Waals surface area contributed by atoms with Gasteiger partial charge in [-0.25, -0.2) is 0 Å². The maximum Gasteiger partial charge on any atom is 0.237 e. The summed E-state index contributed by atoms with van der Waals surface area (Å²) >= 11 is 1.34. The topological polar surface area (TPSA) is 78.2 Å². The van der Waals surface area contributed by atoms with E-state index in [4.69, 9.17) is 5.73 Å². The molecule has 1 aliphatic carbocycles. The Morgan fingerprint density at radius 2 is 1.91 bits per heavy atom. The predicted molar refractivity (Wildman–Crippen MR) is 90.5 cm³/mol. The van der Waals surface area contributed by atoms with Gasteiger partial charge in [-0.1, -0.05) is 43.2 Å². The molecule has 0 unspecified atom stereocenters. The fraction of sp³-hybridized carbons (Fsp3) is 0.438. The van der Waals surface area contributed by atoms with Crippen LogP contribution in [0.25, 0.3) is 16.8 Å². The van der Waals surface area contributed by atoms with Crippen LogP contribution in [0.5, 0.6) is 0 Å². The van der Waals surface area contributed by atoms with Crippen LogP contribution >= 0.6 is 11.8 Å². The lowest BCUT2D eigenvalue weighted by Crippen LogP contribution is -2.13. The fourth-order valence-corrected chi connectivity index (χ4v) is 4.20. The Balaban J connectivity index is 1.88. The normalized spacial score (nSPS) is 16.3. The lowest BCUT2D eigenvalue weighted by atomic mass is 9.95. The van der Waals surface area contributed by atoms with Crippen molar-refractivity contribution in [2.45, 2.75) is 43.3 Å². The number of hydrogen-bond acceptors (Lipinski definition) is 4. The number of thioether (sulfide) groups is 1. The van der Waals surface area contributed by atoms with Crippen molar-refractivity contribution in [1.29, 1.82) is 0 Å². The van der Waals surface area contributed by atoms with E-state index < -0.39 is 0 Å². The van der Waals surface area contributed by atoms with E-state index in [-0.39, 0.29) is 11.7 Å². The van der Waals surface area contributed by atoms with Crippen LogP contribution < -0.4 is 5.73 Å². The quantitative estimate of drug-likeness (QED) is 0.747. The van der Waals surface area contributed by atoms with Gasteiger partial charge < -0.3 is 10.3 Å². The van der Waals surface area contributed by atoms with E-state index >= 15 is 0 Å². The SMILES string of the molecule is NC(=O)CSc1nnc2n(C3CCCCC3)c3ccccc3n12. The summed E-state index contributed by atoms with van der Waals surface area (Å²) in [6.07, 6.45) is 6.22. The van der Waals surface area contributed by atoms with E-state index in [0.717, 1.165) is 16.5 Å². The Bertz CT molecular complexity index is 862. The lowest BCUT2D eigenvalue weighted by molar-refractivity contribution is -0.115. The molecule has 1 saturated carbocycles. The number of primary amides is 1. The summed E-state index contributed by atoms with van der Waals surface area (Å²) in [5.41, 5.74) is 7.54. The zero-order chi connectivity index (χ0) is 15.8. The number of nitrogens with zero attached hydrogens (tertiary/aromatic N) is 4. The second-order valence-corrected chi connectivity index (χ2v) is 6.97. The van der Waals surface area contributed by atoms with Gasteiger partial charge in [0.25, 0.3) is 0 Å². The number of fused-ring (bicyclic) bond motifs is 3. The third-order valence-corrected chi connectivity index (χ3v) is 5.45. The third-order valence-electron chi connectivity index (χ3n) is 4.50. The van der Waals surface area contributed by atoms with Gasteiger partial charge in [0, 0.05) is 6.04 Å². The van der Waals surface area contributed by atoms with Crippen LogP contribution in [0.3, 0.4) is 0 Å². The van der Waals surface area contributed by atoms with Crippen LogP contribution in [0.15, 0.2) is 29.4 Å². The van der Waals surface area contributed by atoms with E-state index in [9.17, 15) is 4.79 Å². The Morgan fingerprint density at radius 3 is 2.65 bits per heavy atom. The molecular weight excluding hydrogens is 310 g/mol. The van der Waals surface area contributed by atoms with Crippen molar-refractivity contribution < 1.29 is 4.79 Å². The lowest BCUT2D eigenvalue weighted by Gasteiger charge is -2.23. The molecule has 1 fully saturated rings. The average Bonchev–Trinajstić information content (AvgIpc) is 3.11. The standard InChI is InChI=1S/C16H19N5OS/c17-14(22)10-23-16-19-18-15-20(11-6-2-1-3-7-11)12-8-4-5-9-13(12)21(15)16/h4-5,8-9,11H,1-3,6-7,10H2,(H2,17,22). The first kappa shape index (κ1) is 14.6. The fourth-order valence-electron chi connectivity index (χ4n) is 3.52. The number of carbonyl (C=O) groups is 1. The highest BCUT2D eigenvalue weighted by Gasteiger charge is 2.23. The Hall–Kier alpha value is -2.02. The van der Waals surface area contributed by atoms with Crippen molar-refractivity contribution in [1.82, 2.24) is 19.2 Å². The summed E-state index contributed by atoms with van der Waals surface area (Å²) in [6.45, 7) is 0. The monoisotopic (exact) mass is 329 g/mol. The van der Waals surface area contributed by atoms with Gasteiger partial charge in [-0.2, -0.15) is 0 Å². The van der Waals surface area contributed by atoms with Crippen LogP contribution in [-0.4, -0.2) is 30.8 Å². The maximum atomic E-state index is 11.1. The Labute approximate surface area is 138 Å². The molecule has 6 nitrogen and oxygen atoms in total. The summed E-state index contributed by atoms with van der Waals surface area (Å²) in [5, 5.41) is 9.42. The molecule has 2 heterocycles. The molecule has 0 radical (unpaired) electrons. The van der Waals surface area contributed by atoms with Crippen LogP contribution in [0.4, 0.5) is 0 Å². The average molecular weight is 329 g/mol. The maximum absolute atomic E-state index is 11.1. The van der Waals surface area contributed by atoms with Crippen molar-refractivity contribution in [2.75, 3.05) is 5.75 Å². The minimum absolute atomic E-state index is 0.212. The zero-order valence-corrected chi connectivity index (χ0v) is 13.6. The zero-order valence-electron chi connectivity index (χ0n) is 12.8. The van der Waals surface area contributed by atoms with Crippen LogP contribution in [0, 0.1) is 0 Å². The molecule has 0 saturated heterocycles. The first-order valence-corrected chi connectivity index (χ1v) is 8.99. The van der Waals surface area contributed by atoms with E-state index in [1.54, 1.807) is 0 Å². The van der Waals surface area contributed by atoms with E-state index in [0.29, 0.717) is 6.04 Å². The summed E-state index contributed by atoms with van der Waals surface area (Å²) in [5.74, 6) is 0.733. The number of aromatic nitrogens is 4. The number of hydrogen-bond donors (Lipinski definition) is 1. The van der Waals surface area contributed by atoms with Gasteiger partial charge in [-0.05, 0) is 25.0 Å².